The van der Waals surface area contributed by atoms with Crippen LogP contribution in [-0.2, 0) is 0 Å². The fourth-order valence-corrected chi connectivity index (χ4v) is 0.849. The zero-order valence-corrected chi connectivity index (χ0v) is 7.73. The Hall–Kier alpha value is -0.520. The predicted molar refractivity (Wildman–Crippen MR) is 47.3 cm³/mol. The molecule has 0 saturated carbocycles. The van der Waals surface area contributed by atoms with Crippen LogP contribution < -0.4 is 0 Å². The molecule has 0 bridgehead atoms. The average Bonchev–Trinajstić information content (AvgIpc) is 2.00. The monoisotopic (exact) mass is 172 g/mol. The third-order valence-corrected chi connectivity index (χ3v) is 1.68. The molecule has 0 N–H and O–H groups in total. The maximum atomic E-state index is 8.29. The molecule has 0 fully saturated rings. The minimum Gasteiger partial charge on any atom is -0.301 e. The third kappa shape index (κ3) is 5.90. The van der Waals surface area contributed by atoms with E-state index in [4.69, 9.17) is 16.9 Å². The van der Waals surface area contributed by atoms with E-state index in [0.29, 0.717) is 6.42 Å². The second-order valence-electron chi connectivity index (χ2n) is 2.60. The highest BCUT2D eigenvalue weighted by Gasteiger charge is 1.97. The zero-order chi connectivity index (χ0) is 8.69. The minimum atomic E-state index is 0.575. The maximum absolute atomic E-state index is 8.29. The molecule has 0 heterocycles. The van der Waals surface area contributed by atoms with E-state index in [-0.39, 0.29) is 0 Å². The Balaban J connectivity index is 3.53. The lowest BCUT2D eigenvalue weighted by atomic mass is 10.3. The first-order valence-corrected chi connectivity index (χ1v) is 3.95. The van der Waals surface area contributed by atoms with Crippen molar-refractivity contribution in [1.29, 1.82) is 5.26 Å². The molecule has 0 amide bonds. The van der Waals surface area contributed by atoms with Crippen molar-refractivity contribution in [2.75, 3.05) is 20.1 Å². The summed E-state index contributed by atoms with van der Waals surface area (Å²) in [5, 5.41) is 8.29. The van der Waals surface area contributed by atoms with Crippen molar-refractivity contribution in [3.63, 3.8) is 0 Å². The van der Waals surface area contributed by atoms with E-state index < -0.39 is 0 Å². The van der Waals surface area contributed by atoms with Gasteiger partial charge in [-0.25, -0.2) is 0 Å². The van der Waals surface area contributed by atoms with Gasteiger partial charge in [0.15, 0.2) is 0 Å². The molecular formula is C8H13ClN2. The van der Waals surface area contributed by atoms with Gasteiger partial charge in [-0.2, -0.15) is 5.26 Å². The predicted octanol–water partition coefficient (Wildman–Crippen LogP) is 1.97. The number of nitriles is 1. The molecule has 0 radical (unpaired) electrons. The standard InChI is InChI=1S/C8H13ClN2/c1-8(6-9)7-11(2)5-3-4-10/h6H,3,5,7H2,1-2H3. The summed E-state index contributed by atoms with van der Waals surface area (Å²) in [6.45, 7) is 3.61. The molecule has 0 aromatic rings. The molecule has 0 rings (SSSR count). The van der Waals surface area contributed by atoms with Gasteiger partial charge >= 0.3 is 0 Å². The van der Waals surface area contributed by atoms with Crippen LogP contribution in [0.5, 0.6) is 0 Å². The SMILES string of the molecule is CC(=CCl)CN(C)CCC#N. The van der Waals surface area contributed by atoms with E-state index >= 15 is 0 Å². The molecule has 62 valence electrons. The molecular weight excluding hydrogens is 160 g/mol. The van der Waals surface area contributed by atoms with Crippen LogP contribution in [0.1, 0.15) is 13.3 Å². The molecule has 0 spiro atoms. The number of nitrogens with zero attached hydrogens (tertiary/aromatic N) is 2. The molecule has 0 saturated heterocycles. The van der Waals surface area contributed by atoms with Crippen molar-refractivity contribution in [3.05, 3.63) is 11.1 Å². The second-order valence-corrected chi connectivity index (χ2v) is 2.82. The van der Waals surface area contributed by atoms with Crippen LogP contribution in [0.2, 0.25) is 0 Å². The fraction of sp³-hybridized carbons (Fsp3) is 0.625. The summed E-state index contributed by atoms with van der Waals surface area (Å²) in [4.78, 5) is 2.07. The Morgan fingerprint density at radius 3 is 2.82 bits per heavy atom. The lowest BCUT2D eigenvalue weighted by Crippen LogP contribution is -2.21. The third-order valence-electron chi connectivity index (χ3n) is 1.31. The van der Waals surface area contributed by atoms with Crippen molar-refractivity contribution in [1.82, 2.24) is 4.90 Å². The average molecular weight is 173 g/mol. The summed E-state index contributed by atoms with van der Waals surface area (Å²) in [7, 11) is 1.97. The van der Waals surface area contributed by atoms with Crippen molar-refractivity contribution in [2.24, 2.45) is 0 Å². The molecule has 2 nitrogen and oxygen atoms in total. The highest BCUT2D eigenvalue weighted by molar-refractivity contribution is 6.25. The van der Waals surface area contributed by atoms with Crippen molar-refractivity contribution in [3.8, 4) is 6.07 Å². The Morgan fingerprint density at radius 2 is 2.36 bits per heavy atom. The van der Waals surface area contributed by atoms with Crippen LogP contribution in [-0.4, -0.2) is 25.0 Å². The van der Waals surface area contributed by atoms with Crippen molar-refractivity contribution in [2.45, 2.75) is 13.3 Å². The van der Waals surface area contributed by atoms with Gasteiger partial charge in [0.2, 0.25) is 0 Å². The van der Waals surface area contributed by atoms with Crippen LogP contribution in [0.3, 0.4) is 0 Å². The van der Waals surface area contributed by atoms with E-state index in [0.717, 1.165) is 18.7 Å². The Bertz CT molecular complexity index is 169. The van der Waals surface area contributed by atoms with Gasteiger partial charge in [-0.1, -0.05) is 11.6 Å². The smallest absolute Gasteiger partial charge is 0.0635 e. The minimum absolute atomic E-state index is 0.575. The zero-order valence-electron chi connectivity index (χ0n) is 6.97. The highest BCUT2D eigenvalue weighted by Crippen LogP contribution is 1.98. The van der Waals surface area contributed by atoms with E-state index in [9.17, 15) is 0 Å². The number of halogens is 1. The van der Waals surface area contributed by atoms with Gasteiger partial charge in [0, 0.05) is 25.0 Å². The number of hydrogen-bond acceptors (Lipinski definition) is 2. The largest absolute Gasteiger partial charge is 0.301 e. The first-order valence-electron chi connectivity index (χ1n) is 3.52. The Labute approximate surface area is 73.1 Å². The first kappa shape index (κ1) is 10.5. The topological polar surface area (TPSA) is 27.0 Å². The second kappa shape index (κ2) is 6.21. The summed E-state index contributed by atoms with van der Waals surface area (Å²) in [5.74, 6) is 0. The lowest BCUT2D eigenvalue weighted by Gasteiger charge is -2.13. The van der Waals surface area contributed by atoms with Gasteiger partial charge in [0.1, 0.15) is 0 Å². The van der Waals surface area contributed by atoms with E-state index in [1.54, 1.807) is 5.54 Å². The lowest BCUT2D eigenvalue weighted by molar-refractivity contribution is 0.371. The van der Waals surface area contributed by atoms with Crippen LogP contribution in [0.25, 0.3) is 0 Å². The van der Waals surface area contributed by atoms with E-state index in [1.165, 1.54) is 0 Å². The van der Waals surface area contributed by atoms with E-state index in [2.05, 4.69) is 11.0 Å². The van der Waals surface area contributed by atoms with E-state index in [1.807, 2.05) is 14.0 Å². The van der Waals surface area contributed by atoms with Crippen LogP contribution in [0.15, 0.2) is 11.1 Å². The van der Waals surface area contributed by atoms with Gasteiger partial charge < -0.3 is 4.90 Å². The Morgan fingerprint density at radius 1 is 1.73 bits per heavy atom. The number of hydrogen-bond donors (Lipinski definition) is 0. The van der Waals surface area contributed by atoms with Gasteiger partial charge in [-0.15, -0.1) is 0 Å². The van der Waals surface area contributed by atoms with Gasteiger partial charge in [0.25, 0.3) is 0 Å². The van der Waals surface area contributed by atoms with Gasteiger partial charge in [-0.3, -0.25) is 0 Å². The van der Waals surface area contributed by atoms with Crippen molar-refractivity contribution < 1.29 is 0 Å². The summed E-state index contributed by atoms with van der Waals surface area (Å²) >= 11 is 5.48. The molecule has 0 aromatic heterocycles. The van der Waals surface area contributed by atoms with Crippen molar-refractivity contribution >= 4 is 11.6 Å². The maximum Gasteiger partial charge on any atom is 0.0635 e. The van der Waals surface area contributed by atoms with Crippen LogP contribution >= 0.6 is 11.6 Å². The molecule has 0 aliphatic rings. The normalized spacial score (nSPS) is 11.7. The molecule has 0 unspecified atom stereocenters. The van der Waals surface area contributed by atoms with Crippen LogP contribution in [0.4, 0.5) is 0 Å². The quantitative estimate of drug-likeness (QED) is 0.649. The Kier molecular flexibility index (Phi) is 5.91. The molecule has 3 heteroatoms. The highest BCUT2D eigenvalue weighted by atomic mass is 35.5. The summed E-state index contributed by atoms with van der Waals surface area (Å²) in [6.07, 6.45) is 0.575. The van der Waals surface area contributed by atoms with Gasteiger partial charge in [0.05, 0.1) is 6.07 Å². The van der Waals surface area contributed by atoms with Crippen LogP contribution in [0, 0.1) is 11.3 Å². The molecule has 0 aromatic carbocycles. The fourth-order valence-electron chi connectivity index (χ4n) is 0.780. The molecule has 0 aliphatic heterocycles. The summed E-state index contributed by atoms with van der Waals surface area (Å²) < 4.78 is 0. The molecule has 11 heavy (non-hydrogen) atoms. The number of likely N-dealkylation sites (N-methyl/N-ethyl adjacent to an activating group) is 1. The molecule has 0 aliphatic carbocycles. The number of rotatable bonds is 4. The first-order chi connectivity index (χ1) is 5.20. The van der Waals surface area contributed by atoms with Gasteiger partial charge in [-0.05, 0) is 19.5 Å². The summed E-state index contributed by atoms with van der Waals surface area (Å²) in [6, 6.07) is 2.10. The summed E-state index contributed by atoms with van der Waals surface area (Å²) in [5.41, 5.74) is 2.69. The molecule has 0 atom stereocenters.